The molecule has 1 aliphatic rings. The molecular weight excluding hydrogens is 433 g/mol. The van der Waals surface area contributed by atoms with Crippen molar-refractivity contribution in [3.63, 3.8) is 0 Å². The number of carbonyl (C=O) groups excluding carboxylic acids is 1. The van der Waals surface area contributed by atoms with Crippen molar-refractivity contribution >= 4 is 22.5 Å². The second-order valence-corrected chi connectivity index (χ2v) is 8.49. The first kappa shape index (κ1) is 22.1. The number of aromatic nitrogens is 5. The Kier molecular flexibility index (Phi) is 6.27. The number of pyridine rings is 3. The van der Waals surface area contributed by atoms with Crippen LogP contribution >= 0.6 is 0 Å². The second-order valence-electron chi connectivity index (χ2n) is 8.49. The van der Waals surface area contributed by atoms with Gasteiger partial charge in [0.05, 0.1) is 29.5 Å². The molecule has 0 unspecified atom stereocenters. The molecule has 1 aliphatic heterocycles. The van der Waals surface area contributed by atoms with Crippen LogP contribution in [0.2, 0.25) is 0 Å². The number of ketones is 1. The van der Waals surface area contributed by atoms with Crippen molar-refractivity contribution < 1.29 is 9.18 Å². The summed E-state index contributed by atoms with van der Waals surface area (Å²) in [5, 5.41) is 5.13. The van der Waals surface area contributed by atoms with Crippen molar-refractivity contribution in [2.45, 2.75) is 6.42 Å². The van der Waals surface area contributed by atoms with Crippen LogP contribution < -0.4 is 4.90 Å². The largest absolute Gasteiger partial charge is 0.354 e. The van der Waals surface area contributed by atoms with Gasteiger partial charge in [0.2, 0.25) is 0 Å². The SMILES string of the molecule is Cn1cc(-c2ccc3cnc(CC(=O)c4ccnc(N5CCN(CCF)CC5)c4)cc3n2)cn1. The summed E-state index contributed by atoms with van der Waals surface area (Å²) in [4.78, 5) is 31.0. The van der Waals surface area contributed by atoms with Crippen molar-refractivity contribution in [1.82, 2.24) is 29.6 Å². The minimum atomic E-state index is -0.328. The summed E-state index contributed by atoms with van der Waals surface area (Å²) >= 11 is 0. The van der Waals surface area contributed by atoms with Gasteiger partial charge in [-0.3, -0.25) is 19.4 Å². The van der Waals surface area contributed by atoms with E-state index in [-0.39, 0.29) is 18.9 Å². The summed E-state index contributed by atoms with van der Waals surface area (Å²) in [5.74, 6) is 0.759. The van der Waals surface area contributed by atoms with E-state index in [4.69, 9.17) is 4.98 Å². The zero-order valence-electron chi connectivity index (χ0n) is 19.1. The van der Waals surface area contributed by atoms with Gasteiger partial charge in [-0.2, -0.15) is 5.10 Å². The monoisotopic (exact) mass is 459 g/mol. The number of carbonyl (C=O) groups is 1. The number of hydrogen-bond donors (Lipinski definition) is 0. The van der Waals surface area contributed by atoms with Gasteiger partial charge < -0.3 is 4.90 Å². The van der Waals surface area contributed by atoms with Gasteiger partial charge in [0.25, 0.3) is 0 Å². The number of alkyl halides is 1. The maximum atomic E-state index is 13.0. The fourth-order valence-corrected chi connectivity index (χ4v) is 4.22. The molecule has 34 heavy (non-hydrogen) atoms. The second kappa shape index (κ2) is 9.64. The molecule has 0 atom stereocenters. The lowest BCUT2D eigenvalue weighted by Gasteiger charge is -2.35. The van der Waals surface area contributed by atoms with Gasteiger partial charge in [0.1, 0.15) is 12.5 Å². The predicted molar refractivity (Wildman–Crippen MR) is 129 cm³/mol. The molecule has 1 fully saturated rings. The molecule has 0 bridgehead atoms. The molecule has 9 heteroatoms. The van der Waals surface area contributed by atoms with Gasteiger partial charge >= 0.3 is 0 Å². The molecule has 1 saturated heterocycles. The predicted octanol–water partition coefficient (Wildman–Crippen LogP) is 2.94. The average Bonchev–Trinajstić information content (AvgIpc) is 3.30. The average molecular weight is 460 g/mol. The van der Waals surface area contributed by atoms with E-state index in [0.717, 1.165) is 54.2 Å². The Morgan fingerprint density at radius 1 is 1.06 bits per heavy atom. The summed E-state index contributed by atoms with van der Waals surface area (Å²) in [6.07, 6.45) is 7.31. The third-order valence-electron chi connectivity index (χ3n) is 6.14. The lowest BCUT2D eigenvalue weighted by molar-refractivity contribution is 0.0992. The Bertz CT molecular complexity index is 1310. The van der Waals surface area contributed by atoms with Crippen molar-refractivity contribution in [3.05, 3.63) is 66.4 Å². The van der Waals surface area contributed by atoms with E-state index < -0.39 is 0 Å². The van der Waals surface area contributed by atoms with Gasteiger partial charge in [-0.25, -0.2) is 14.4 Å². The van der Waals surface area contributed by atoms with Crippen LogP contribution in [0.4, 0.5) is 10.2 Å². The standard InChI is InChI=1S/C25H26FN7O/c1-31-17-20(16-29-31)22-3-2-19-15-28-21(13-23(19)30-22)14-24(34)18-4-6-27-25(12-18)33-10-8-32(7-5-26)9-11-33/h2-4,6,12-13,15-17H,5,7-11,14H2,1H3. The quantitative estimate of drug-likeness (QED) is 0.393. The van der Waals surface area contributed by atoms with Crippen LogP contribution in [0.15, 0.2) is 55.1 Å². The molecular formula is C25H26FN7O. The number of anilines is 1. The van der Waals surface area contributed by atoms with Gasteiger partial charge in [0.15, 0.2) is 5.78 Å². The Balaban J connectivity index is 1.31. The molecule has 8 nitrogen and oxygen atoms in total. The molecule has 0 radical (unpaired) electrons. The molecule has 0 spiro atoms. The minimum absolute atomic E-state index is 0.0185. The van der Waals surface area contributed by atoms with Crippen molar-refractivity contribution in [3.8, 4) is 11.3 Å². The number of rotatable bonds is 7. The molecule has 5 rings (SSSR count). The van der Waals surface area contributed by atoms with Crippen LogP contribution in [0.5, 0.6) is 0 Å². The summed E-state index contributed by atoms with van der Waals surface area (Å²) in [6.45, 7) is 3.25. The van der Waals surface area contributed by atoms with Crippen LogP contribution in [0.25, 0.3) is 22.2 Å². The summed E-state index contributed by atoms with van der Waals surface area (Å²) in [7, 11) is 1.87. The van der Waals surface area contributed by atoms with E-state index >= 15 is 0 Å². The Morgan fingerprint density at radius 3 is 2.68 bits per heavy atom. The van der Waals surface area contributed by atoms with Crippen molar-refractivity contribution in [2.75, 3.05) is 44.3 Å². The molecule has 4 aromatic rings. The lowest BCUT2D eigenvalue weighted by Crippen LogP contribution is -2.47. The van der Waals surface area contributed by atoms with Crippen LogP contribution in [-0.4, -0.2) is 74.8 Å². The van der Waals surface area contributed by atoms with Gasteiger partial charge in [0, 0.05) is 74.9 Å². The number of halogens is 1. The van der Waals surface area contributed by atoms with Crippen molar-refractivity contribution in [1.29, 1.82) is 0 Å². The van der Waals surface area contributed by atoms with E-state index in [0.29, 0.717) is 17.8 Å². The molecule has 5 heterocycles. The van der Waals surface area contributed by atoms with Crippen LogP contribution in [0, 0.1) is 0 Å². The first-order valence-electron chi connectivity index (χ1n) is 11.4. The fourth-order valence-electron chi connectivity index (χ4n) is 4.22. The van der Waals surface area contributed by atoms with E-state index in [1.807, 2.05) is 37.5 Å². The molecule has 174 valence electrons. The van der Waals surface area contributed by atoms with E-state index in [9.17, 15) is 9.18 Å². The molecule has 0 aliphatic carbocycles. The molecule has 0 N–H and O–H groups in total. The van der Waals surface area contributed by atoms with Crippen LogP contribution in [0.1, 0.15) is 16.1 Å². The number of hydrogen-bond acceptors (Lipinski definition) is 7. The summed E-state index contributed by atoms with van der Waals surface area (Å²) in [5.41, 5.74) is 3.84. The molecule has 0 amide bonds. The van der Waals surface area contributed by atoms with E-state index in [1.165, 1.54) is 0 Å². The third-order valence-corrected chi connectivity index (χ3v) is 6.14. The zero-order chi connectivity index (χ0) is 23.5. The highest BCUT2D eigenvalue weighted by molar-refractivity contribution is 5.98. The highest BCUT2D eigenvalue weighted by Gasteiger charge is 2.19. The Morgan fingerprint density at radius 2 is 1.91 bits per heavy atom. The molecule has 4 aromatic heterocycles. The number of aryl methyl sites for hydroxylation is 1. The summed E-state index contributed by atoms with van der Waals surface area (Å²) in [6, 6.07) is 9.38. The molecule has 0 aromatic carbocycles. The van der Waals surface area contributed by atoms with Crippen LogP contribution in [-0.2, 0) is 13.5 Å². The number of Topliss-reactive ketones (excluding diaryl/α,β-unsaturated/α-hetero) is 1. The van der Waals surface area contributed by atoms with Gasteiger partial charge in [-0.1, -0.05) is 0 Å². The first-order chi connectivity index (χ1) is 16.6. The van der Waals surface area contributed by atoms with Crippen LogP contribution in [0.3, 0.4) is 0 Å². The highest BCUT2D eigenvalue weighted by atomic mass is 19.1. The maximum absolute atomic E-state index is 13.0. The number of piperazine rings is 1. The number of nitrogens with zero attached hydrogens (tertiary/aromatic N) is 7. The zero-order valence-corrected chi connectivity index (χ0v) is 19.1. The lowest BCUT2D eigenvalue weighted by atomic mass is 10.1. The normalized spacial score (nSPS) is 14.6. The van der Waals surface area contributed by atoms with E-state index in [1.54, 1.807) is 29.3 Å². The molecule has 0 saturated carbocycles. The maximum Gasteiger partial charge on any atom is 0.169 e. The van der Waals surface area contributed by atoms with E-state index in [2.05, 4.69) is 24.9 Å². The van der Waals surface area contributed by atoms with Crippen molar-refractivity contribution in [2.24, 2.45) is 7.05 Å². The fraction of sp³-hybridized carbons (Fsp3) is 0.320. The highest BCUT2D eigenvalue weighted by Crippen LogP contribution is 2.21. The number of fused-ring (bicyclic) bond motifs is 1. The smallest absolute Gasteiger partial charge is 0.169 e. The third kappa shape index (κ3) is 4.79. The Hall–Kier alpha value is -3.72. The van der Waals surface area contributed by atoms with Gasteiger partial charge in [-0.05, 0) is 30.3 Å². The van der Waals surface area contributed by atoms with Gasteiger partial charge in [-0.15, -0.1) is 0 Å². The first-order valence-corrected chi connectivity index (χ1v) is 11.4. The summed E-state index contributed by atoms with van der Waals surface area (Å²) < 4.78 is 14.3. The minimum Gasteiger partial charge on any atom is -0.354 e. The Labute approximate surface area is 197 Å². The topological polar surface area (TPSA) is 80.0 Å².